The summed E-state index contributed by atoms with van der Waals surface area (Å²) in [6, 6.07) is 12.6. The van der Waals surface area contributed by atoms with Crippen molar-refractivity contribution in [3.05, 3.63) is 47.5 Å². The van der Waals surface area contributed by atoms with Gasteiger partial charge in [0.15, 0.2) is 0 Å². The summed E-state index contributed by atoms with van der Waals surface area (Å²) >= 11 is 0. The second kappa shape index (κ2) is 6.47. The van der Waals surface area contributed by atoms with Crippen LogP contribution in [0.3, 0.4) is 0 Å². The van der Waals surface area contributed by atoms with E-state index < -0.39 is 0 Å². The zero-order chi connectivity index (χ0) is 14.5. The van der Waals surface area contributed by atoms with E-state index >= 15 is 0 Å². The molecule has 20 heavy (non-hydrogen) atoms. The molecule has 0 heterocycles. The number of hydrogen-bond acceptors (Lipinski definition) is 2. The van der Waals surface area contributed by atoms with Crippen molar-refractivity contribution in [2.24, 2.45) is 0 Å². The average Bonchev–Trinajstić information content (AvgIpc) is 2.44. The lowest BCUT2D eigenvalue weighted by molar-refractivity contribution is 0.337. The molecule has 2 rings (SSSR count). The third-order valence-corrected chi connectivity index (χ3v) is 3.31. The van der Waals surface area contributed by atoms with Gasteiger partial charge in [0, 0.05) is 0 Å². The lowest BCUT2D eigenvalue weighted by Crippen LogP contribution is -1.96. The highest BCUT2D eigenvalue weighted by Gasteiger charge is 2.06. The van der Waals surface area contributed by atoms with Gasteiger partial charge in [0.1, 0.15) is 11.5 Å². The van der Waals surface area contributed by atoms with Gasteiger partial charge in [-0.3, -0.25) is 0 Å². The Bertz CT molecular complexity index is 534. The summed E-state index contributed by atoms with van der Waals surface area (Å²) in [7, 11) is 0. The molecular weight excluding hydrogens is 248 g/mol. The zero-order valence-corrected chi connectivity index (χ0v) is 12.7. The molecule has 0 bridgehead atoms. The molecule has 0 saturated carbocycles. The van der Waals surface area contributed by atoms with Crippen LogP contribution < -0.4 is 9.47 Å². The van der Waals surface area contributed by atoms with Crippen molar-refractivity contribution in [2.45, 2.75) is 27.7 Å². The van der Waals surface area contributed by atoms with Crippen LogP contribution in [-0.2, 0) is 0 Å². The maximum atomic E-state index is 5.67. The highest BCUT2D eigenvalue weighted by Crippen LogP contribution is 2.30. The molecule has 0 aliphatic rings. The number of ether oxygens (including phenoxy) is 2. The summed E-state index contributed by atoms with van der Waals surface area (Å²) in [5.74, 6) is 1.90. The standard InChI is InChI=1S/C18H22O2/c1-5-19-17-11-15(9-7-13(17)3)16-10-8-14(4)18(12-16)20-6-2/h7-12H,5-6H2,1-4H3. The average molecular weight is 270 g/mol. The van der Waals surface area contributed by atoms with E-state index in [0.29, 0.717) is 13.2 Å². The summed E-state index contributed by atoms with van der Waals surface area (Å²) in [6.07, 6.45) is 0. The first-order valence-electron chi connectivity index (χ1n) is 7.13. The predicted molar refractivity (Wildman–Crippen MR) is 83.7 cm³/mol. The van der Waals surface area contributed by atoms with Crippen LogP contribution in [0.1, 0.15) is 25.0 Å². The fourth-order valence-electron chi connectivity index (χ4n) is 2.18. The van der Waals surface area contributed by atoms with Crippen molar-refractivity contribution in [2.75, 3.05) is 13.2 Å². The van der Waals surface area contributed by atoms with Crippen LogP contribution in [0.4, 0.5) is 0 Å². The minimum absolute atomic E-state index is 0.683. The molecule has 0 saturated heterocycles. The van der Waals surface area contributed by atoms with Crippen LogP contribution in [0.25, 0.3) is 11.1 Å². The van der Waals surface area contributed by atoms with E-state index in [0.717, 1.165) is 33.8 Å². The van der Waals surface area contributed by atoms with Gasteiger partial charge in [-0.05, 0) is 62.1 Å². The second-order valence-corrected chi connectivity index (χ2v) is 4.83. The van der Waals surface area contributed by atoms with Gasteiger partial charge in [-0.2, -0.15) is 0 Å². The Morgan fingerprint density at radius 1 is 0.700 bits per heavy atom. The molecule has 0 fully saturated rings. The second-order valence-electron chi connectivity index (χ2n) is 4.83. The number of aryl methyl sites for hydroxylation is 2. The first-order valence-corrected chi connectivity index (χ1v) is 7.13. The third kappa shape index (κ3) is 3.13. The fourth-order valence-corrected chi connectivity index (χ4v) is 2.18. The molecule has 0 atom stereocenters. The molecule has 0 unspecified atom stereocenters. The molecule has 0 spiro atoms. The van der Waals surface area contributed by atoms with Gasteiger partial charge in [-0.1, -0.05) is 24.3 Å². The summed E-state index contributed by atoms with van der Waals surface area (Å²) in [4.78, 5) is 0. The smallest absolute Gasteiger partial charge is 0.122 e. The molecule has 2 heteroatoms. The molecule has 0 radical (unpaired) electrons. The molecule has 0 N–H and O–H groups in total. The van der Waals surface area contributed by atoms with Gasteiger partial charge in [-0.25, -0.2) is 0 Å². The van der Waals surface area contributed by atoms with Crippen LogP contribution in [-0.4, -0.2) is 13.2 Å². The first-order chi connectivity index (χ1) is 9.65. The predicted octanol–water partition coefficient (Wildman–Crippen LogP) is 4.77. The van der Waals surface area contributed by atoms with Gasteiger partial charge in [-0.15, -0.1) is 0 Å². The van der Waals surface area contributed by atoms with Crippen LogP contribution in [0, 0.1) is 13.8 Å². The van der Waals surface area contributed by atoms with E-state index in [-0.39, 0.29) is 0 Å². The Morgan fingerprint density at radius 3 is 1.45 bits per heavy atom. The van der Waals surface area contributed by atoms with Crippen LogP contribution in [0.15, 0.2) is 36.4 Å². The Balaban J connectivity index is 2.40. The largest absolute Gasteiger partial charge is 0.494 e. The molecule has 0 aliphatic carbocycles. The quantitative estimate of drug-likeness (QED) is 0.779. The van der Waals surface area contributed by atoms with Crippen LogP contribution >= 0.6 is 0 Å². The lowest BCUT2D eigenvalue weighted by Gasteiger charge is -2.12. The minimum Gasteiger partial charge on any atom is -0.494 e. The summed E-state index contributed by atoms with van der Waals surface area (Å²) in [6.45, 7) is 9.51. The van der Waals surface area contributed by atoms with Crippen molar-refractivity contribution in [3.8, 4) is 22.6 Å². The monoisotopic (exact) mass is 270 g/mol. The normalized spacial score (nSPS) is 10.4. The SMILES string of the molecule is CCOc1cc(-c2ccc(C)c(OCC)c2)ccc1C. The van der Waals surface area contributed by atoms with Crippen molar-refractivity contribution in [1.82, 2.24) is 0 Å². The van der Waals surface area contributed by atoms with E-state index in [9.17, 15) is 0 Å². The maximum absolute atomic E-state index is 5.67. The number of benzene rings is 2. The Kier molecular flexibility index (Phi) is 4.67. The van der Waals surface area contributed by atoms with Gasteiger partial charge < -0.3 is 9.47 Å². The van der Waals surface area contributed by atoms with Gasteiger partial charge in [0.2, 0.25) is 0 Å². The van der Waals surface area contributed by atoms with Gasteiger partial charge in [0.05, 0.1) is 13.2 Å². The summed E-state index contributed by atoms with van der Waals surface area (Å²) in [5.41, 5.74) is 4.63. The van der Waals surface area contributed by atoms with E-state index in [4.69, 9.17) is 9.47 Å². The zero-order valence-electron chi connectivity index (χ0n) is 12.7. The fraction of sp³-hybridized carbons (Fsp3) is 0.333. The van der Waals surface area contributed by atoms with Crippen molar-refractivity contribution in [3.63, 3.8) is 0 Å². The van der Waals surface area contributed by atoms with Crippen LogP contribution in [0.5, 0.6) is 11.5 Å². The van der Waals surface area contributed by atoms with Gasteiger partial charge in [0.25, 0.3) is 0 Å². The number of rotatable bonds is 5. The highest BCUT2D eigenvalue weighted by molar-refractivity contribution is 5.68. The Morgan fingerprint density at radius 2 is 1.10 bits per heavy atom. The van der Waals surface area contributed by atoms with Crippen LogP contribution in [0.2, 0.25) is 0 Å². The lowest BCUT2D eigenvalue weighted by atomic mass is 10.0. The van der Waals surface area contributed by atoms with E-state index in [1.54, 1.807) is 0 Å². The minimum atomic E-state index is 0.683. The van der Waals surface area contributed by atoms with Crippen molar-refractivity contribution < 1.29 is 9.47 Å². The van der Waals surface area contributed by atoms with Crippen molar-refractivity contribution >= 4 is 0 Å². The molecule has 2 aromatic carbocycles. The molecule has 0 aliphatic heterocycles. The van der Waals surface area contributed by atoms with E-state index in [2.05, 4.69) is 50.2 Å². The Hall–Kier alpha value is -1.96. The third-order valence-electron chi connectivity index (χ3n) is 3.31. The first kappa shape index (κ1) is 14.4. The van der Waals surface area contributed by atoms with E-state index in [1.165, 1.54) is 0 Å². The Labute approximate surface area is 121 Å². The molecule has 2 nitrogen and oxygen atoms in total. The van der Waals surface area contributed by atoms with Crippen molar-refractivity contribution in [1.29, 1.82) is 0 Å². The van der Waals surface area contributed by atoms with Gasteiger partial charge >= 0.3 is 0 Å². The summed E-state index contributed by atoms with van der Waals surface area (Å²) in [5, 5.41) is 0. The molecular formula is C18H22O2. The number of hydrogen-bond donors (Lipinski definition) is 0. The topological polar surface area (TPSA) is 18.5 Å². The maximum Gasteiger partial charge on any atom is 0.122 e. The summed E-state index contributed by atoms with van der Waals surface area (Å²) < 4.78 is 11.3. The highest BCUT2D eigenvalue weighted by atomic mass is 16.5. The molecule has 2 aromatic rings. The van der Waals surface area contributed by atoms with E-state index in [1.807, 2.05) is 13.8 Å². The molecule has 0 aromatic heterocycles. The molecule has 106 valence electrons. The molecule has 0 amide bonds.